The molecule has 130 valence electrons. The number of allylic oxidation sites excluding steroid dienone is 2. The van der Waals surface area contributed by atoms with Crippen molar-refractivity contribution in [3.05, 3.63) is 69.0 Å². The minimum absolute atomic E-state index is 0.000692. The Morgan fingerprint density at radius 3 is 2.44 bits per heavy atom. The van der Waals surface area contributed by atoms with E-state index in [0.717, 1.165) is 14.2 Å². The second kappa shape index (κ2) is 7.63. The summed E-state index contributed by atoms with van der Waals surface area (Å²) in [5.41, 5.74) is -0.654. The number of nitrogens with zero attached hydrogens (tertiary/aromatic N) is 2. The van der Waals surface area contributed by atoms with Crippen LogP contribution in [0.25, 0.3) is 0 Å². The molecule has 1 aromatic carbocycles. The molecule has 0 unspecified atom stereocenters. The predicted octanol–water partition coefficient (Wildman–Crippen LogP) is 2.74. The largest absolute Gasteiger partial charge is 0.465 e. The van der Waals surface area contributed by atoms with Crippen LogP contribution in [0.4, 0.5) is 11.4 Å². The summed E-state index contributed by atoms with van der Waals surface area (Å²) in [6.07, 6.45) is 5.73. The summed E-state index contributed by atoms with van der Waals surface area (Å²) in [5.74, 6) is -1.67. The van der Waals surface area contributed by atoms with Crippen LogP contribution in [0.1, 0.15) is 0 Å². The Labute approximate surface area is 147 Å². The lowest BCUT2D eigenvalue weighted by molar-refractivity contribution is -0.384. The zero-order chi connectivity index (χ0) is 18.6. The first-order valence-electron chi connectivity index (χ1n) is 6.89. The second-order valence-corrected chi connectivity index (χ2v) is 5.14. The quantitative estimate of drug-likeness (QED) is 0.460. The molecule has 0 spiro atoms. The van der Waals surface area contributed by atoms with Crippen molar-refractivity contribution in [1.29, 1.82) is 0 Å². The highest BCUT2D eigenvalue weighted by atomic mass is 35.5. The van der Waals surface area contributed by atoms with Gasteiger partial charge in [0.05, 0.1) is 24.7 Å². The molecule has 0 aromatic heterocycles. The number of rotatable bonds is 4. The number of hydrogen-bond donors (Lipinski definition) is 0. The van der Waals surface area contributed by atoms with Crippen molar-refractivity contribution in [2.45, 2.75) is 0 Å². The summed E-state index contributed by atoms with van der Waals surface area (Å²) in [4.78, 5) is 36.3. The van der Waals surface area contributed by atoms with Gasteiger partial charge in [0.1, 0.15) is 11.4 Å². The molecule has 0 aliphatic carbocycles. The average molecular weight is 365 g/mol. The predicted molar refractivity (Wildman–Crippen MR) is 89.9 cm³/mol. The Bertz CT molecular complexity index is 828. The van der Waals surface area contributed by atoms with Gasteiger partial charge in [-0.05, 0) is 24.3 Å². The number of benzene rings is 1. The highest BCUT2D eigenvalue weighted by molar-refractivity contribution is 6.31. The number of carbonyl (C=O) groups is 2. The van der Waals surface area contributed by atoms with Crippen LogP contribution in [0.15, 0.2) is 53.9 Å². The van der Waals surface area contributed by atoms with Gasteiger partial charge in [0.15, 0.2) is 0 Å². The molecule has 0 saturated heterocycles. The third-order valence-electron chi connectivity index (χ3n) is 3.28. The molecule has 8 nitrogen and oxygen atoms in total. The molecule has 1 aliphatic heterocycles. The first-order valence-corrected chi connectivity index (χ1v) is 7.27. The van der Waals surface area contributed by atoms with Crippen LogP contribution in [0.5, 0.6) is 0 Å². The molecule has 1 aliphatic rings. The van der Waals surface area contributed by atoms with Gasteiger partial charge in [-0.15, -0.1) is 0 Å². The smallest absolute Gasteiger partial charge is 0.355 e. The van der Waals surface area contributed by atoms with Gasteiger partial charge in [-0.2, -0.15) is 0 Å². The lowest BCUT2D eigenvalue weighted by atomic mass is 10.1. The SMILES string of the molecule is COC(=O)C1=C(C(=O)OC)N(c2cc(Cl)ccc2[N+](=O)[O-])C=CC=C1. The lowest BCUT2D eigenvalue weighted by Crippen LogP contribution is -2.27. The van der Waals surface area contributed by atoms with E-state index in [1.807, 2.05) is 0 Å². The van der Waals surface area contributed by atoms with E-state index in [4.69, 9.17) is 16.3 Å². The number of halogens is 1. The van der Waals surface area contributed by atoms with Gasteiger partial charge in [0.2, 0.25) is 0 Å². The zero-order valence-corrected chi connectivity index (χ0v) is 14.0. The van der Waals surface area contributed by atoms with Gasteiger partial charge < -0.3 is 14.4 Å². The van der Waals surface area contributed by atoms with Crippen molar-refractivity contribution in [3.63, 3.8) is 0 Å². The standard InChI is InChI=1S/C16H13ClN2O6/c1-24-15(20)11-5-3-4-8-18(14(11)16(21)25-2)13-9-10(17)6-7-12(13)19(22)23/h3-9H,1-2H3. The summed E-state index contributed by atoms with van der Waals surface area (Å²) in [7, 11) is 2.29. The number of ether oxygens (including phenoxy) is 2. The zero-order valence-electron chi connectivity index (χ0n) is 13.3. The Kier molecular flexibility index (Phi) is 5.56. The maximum Gasteiger partial charge on any atom is 0.355 e. The number of methoxy groups -OCH3 is 2. The summed E-state index contributed by atoms with van der Waals surface area (Å²) >= 11 is 5.96. The Hall–Kier alpha value is -3.13. The molecule has 0 radical (unpaired) electrons. The molecule has 2 rings (SSSR count). The van der Waals surface area contributed by atoms with Gasteiger partial charge in [-0.25, -0.2) is 9.59 Å². The number of carbonyl (C=O) groups excluding carboxylic acids is 2. The van der Waals surface area contributed by atoms with Crippen LogP contribution in [-0.2, 0) is 19.1 Å². The van der Waals surface area contributed by atoms with E-state index in [-0.39, 0.29) is 27.7 Å². The molecule has 0 fully saturated rings. The topological polar surface area (TPSA) is 99.0 Å². The van der Waals surface area contributed by atoms with Gasteiger partial charge in [0.25, 0.3) is 5.69 Å². The van der Waals surface area contributed by atoms with Crippen LogP contribution in [-0.4, -0.2) is 31.1 Å². The molecular weight excluding hydrogens is 352 g/mol. The molecular formula is C16H13ClN2O6. The number of nitro groups is 1. The van der Waals surface area contributed by atoms with E-state index in [1.165, 1.54) is 47.5 Å². The van der Waals surface area contributed by atoms with Crippen molar-refractivity contribution in [1.82, 2.24) is 0 Å². The van der Waals surface area contributed by atoms with E-state index >= 15 is 0 Å². The van der Waals surface area contributed by atoms with Gasteiger partial charge in [-0.3, -0.25) is 10.1 Å². The summed E-state index contributed by atoms with van der Waals surface area (Å²) < 4.78 is 9.42. The minimum Gasteiger partial charge on any atom is -0.465 e. The summed E-state index contributed by atoms with van der Waals surface area (Å²) in [6.45, 7) is 0. The number of hydrogen-bond acceptors (Lipinski definition) is 7. The molecule has 0 amide bonds. The fourth-order valence-corrected chi connectivity index (χ4v) is 2.36. The number of nitro benzene ring substituents is 1. The fraction of sp³-hybridized carbons (Fsp3) is 0.125. The van der Waals surface area contributed by atoms with E-state index in [2.05, 4.69) is 4.74 Å². The van der Waals surface area contributed by atoms with Crippen molar-refractivity contribution < 1.29 is 24.0 Å². The molecule has 1 aromatic rings. The van der Waals surface area contributed by atoms with E-state index < -0.39 is 16.9 Å². The van der Waals surface area contributed by atoms with E-state index in [9.17, 15) is 19.7 Å². The van der Waals surface area contributed by atoms with E-state index in [0.29, 0.717) is 0 Å². The third-order valence-corrected chi connectivity index (χ3v) is 3.52. The Morgan fingerprint density at radius 2 is 1.84 bits per heavy atom. The maximum absolute atomic E-state index is 12.3. The highest BCUT2D eigenvalue weighted by Gasteiger charge is 2.31. The van der Waals surface area contributed by atoms with E-state index in [1.54, 1.807) is 0 Å². The second-order valence-electron chi connectivity index (χ2n) is 4.71. The summed E-state index contributed by atoms with van der Waals surface area (Å²) in [5, 5.41) is 11.6. The van der Waals surface area contributed by atoms with Crippen LogP contribution < -0.4 is 4.90 Å². The molecule has 0 atom stereocenters. The lowest BCUT2D eigenvalue weighted by Gasteiger charge is -2.22. The maximum atomic E-state index is 12.3. The van der Waals surface area contributed by atoms with Crippen molar-refractivity contribution in [3.8, 4) is 0 Å². The van der Waals surface area contributed by atoms with Crippen LogP contribution in [0.2, 0.25) is 5.02 Å². The average Bonchev–Trinajstić information content (AvgIpc) is 2.82. The fourth-order valence-electron chi connectivity index (χ4n) is 2.20. The molecule has 25 heavy (non-hydrogen) atoms. The molecule has 0 N–H and O–H groups in total. The monoisotopic (exact) mass is 364 g/mol. The first kappa shape index (κ1) is 18.2. The van der Waals surface area contributed by atoms with Gasteiger partial charge in [-0.1, -0.05) is 17.7 Å². The Morgan fingerprint density at radius 1 is 1.16 bits per heavy atom. The number of anilines is 1. The summed E-state index contributed by atoms with van der Waals surface area (Å²) in [6, 6.07) is 3.87. The number of esters is 2. The van der Waals surface area contributed by atoms with Crippen LogP contribution in [0.3, 0.4) is 0 Å². The van der Waals surface area contributed by atoms with Crippen molar-refractivity contribution in [2.75, 3.05) is 19.1 Å². The molecule has 0 bridgehead atoms. The molecule has 1 heterocycles. The van der Waals surface area contributed by atoms with Crippen LogP contribution in [0, 0.1) is 10.1 Å². The third kappa shape index (κ3) is 3.69. The minimum atomic E-state index is -0.870. The molecule has 9 heteroatoms. The highest BCUT2D eigenvalue weighted by Crippen LogP contribution is 2.35. The van der Waals surface area contributed by atoms with Gasteiger partial charge in [0, 0.05) is 17.3 Å². The Balaban J connectivity index is 2.78. The first-order chi connectivity index (χ1) is 11.9. The van der Waals surface area contributed by atoms with Crippen molar-refractivity contribution in [2.24, 2.45) is 0 Å². The molecule has 0 saturated carbocycles. The normalized spacial score (nSPS) is 13.5. The van der Waals surface area contributed by atoms with Crippen molar-refractivity contribution >= 4 is 34.9 Å². The van der Waals surface area contributed by atoms with Crippen LogP contribution >= 0.6 is 11.6 Å². The van der Waals surface area contributed by atoms with Gasteiger partial charge >= 0.3 is 11.9 Å².